The molecule has 1 aromatic heterocycles. The second-order valence-electron chi connectivity index (χ2n) is 6.10. The van der Waals surface area contributed by atoms with E-state index in [-0.39, 0.29) is 15.5 Å². The Hall–Kier alpha value is -2.75. The van der Waals surface area contributed by atoms with E-state index in [4.69, 9.17) is 11.6 Å². The minimum atomic E-state index is -3.71. The summed E-state index contributed by atoms with van der Waals surface area (Å²) in [6.45, 7) is 4.17. The molecule has 0 unspecified atom stereocenters. The van der Waals surface area contributed by atoms with E-state index in [0.717, 1.165) is 5.56 Å². The summed E-state index contributed by atoms with van der Waals surface area (Å²) in [7, 11) is -3.71. The number of nitrogens with zero attached hydrogens (tertiary/aromatic N) is 3. The first kappa shape index (κ1) is 21.0. The monoisotopic (exact) mass is 433 g/mol. The third-order valence-electron chi connectivity index (χ3n) is 4.33. The lowest BCUT2D eigenvalue weighted by molar-refractivity contribution is 0.102. The largest absolute Gasteiger partial charge is 0.322 e. The third kappa shape index (κ3) is 4.47. The van der Waals surface area contributed by atoms with Gasteiger partial charge >= 0.3 is 0 Å². The van der Waals surface area contributed by atoms with Crippen molar-refractivity contribution in [1.82, 2.24) is 19.5 Å². The molecule has 1 heterocycles. The van der Waals surface area contributed by atoms with Crippen molar-refractivity contribution in [2.75, 3.05) is 18.4 Å². The number of aromatic amines is 1. The molecule has 3 rings (SSSR count). The highest BCUT2D eigenvalue weighted by molar-refractivity contribution is 7.89. The van der Waals surface area contributed by atoms with Crippen molar-refractivity contribution in [3.63, 3.8) is 0 Å². The Morgan fingerprint density at radius 2 is 1.93 bits per heavy atom. The lowest BCUT2D eigenvalue weighted by Gasteiger charge is -2.19. The number of rotatable bonds is 7. The van der Waals surface area contributed by atoms with Gasteiger partial charge in [0.15, 0.2) is 5.82 Å². The van der Waals surface area contributed by atoms with Gasteiger partial charge in [0.2, 0.25) is 10.0 Å². The molecule has 0 atom stereocenters. The normalized spacial score (nSPS) is 11.6. The first-order valence-electron chi connectivity index (χ1n) is 8.93. The van der Waals surface area contributed by atoms with E-state index in [9.17, 15) is 13.2 Å². The van der Waals surface area contributed by atoms with Gasteiger partial charge in [0.1, 0.15) is 6.33 Å². The van der Waals surface area contributed by atoms with Gasteiger partial charge in [-0.25, -0.2) is 13.4 Å². The van der Waals surface area contributed by atoms with E-state index in [1.54, 1.807) is 32.0 Å². The summed E-state index contributed by atoms with van der Waals surface area (Å²) < 4.78 is 26.8. The van der Waals surface area contributed by atoms with Gasteiger partial charge < -0.3 is 5.32 Å². The van der Waals surface area contributed by atoms with E-state index >= 15 is 0 Å². The van der Waals surface area contributed by atoms with Crippen molar-refractivity contribution in [1.29, 1.82) is 0 Å². The number of carbonyl (C=O) groups is 1. The van der Waals surface area contributed by atoms with E-state index in [1.807, 2.05) is 6.07 Å². The maximum atomic E-state index is 12.8. The van der Waals surface area contributed by atoms with E-state index in [1.165, 1.54) is 28.8 Å². The van der Waals surface area contributed by atoms with Crippen LogP contribution < -0.4 is 5.32 Å². The van der Waals surface area contributed by atoms with Crippen LogP contribution in [0.1, 0.15) is 24.2 Å². The quantitative estimate of drug-likeness (QED) is 0.593. The van der Waals surface area contributed by atoms with Gasteiger partial charge in [0.05, 0.1) is 15.5 Å². The number of hydrogen-bond donors (Lipinski definition) is 2. The summed E-state index contributed by atoms with van der Waals surface area (Å²) in [4.78, 5) is 16.9. The number of hydrogen-bond acceptors (Lipinski definition) is 5. The zero-order chi connectivity index (χ0) is 21.0. The molecular weight excluding hydrogens is 414 g/mol. The SMILES string of the molecule is CCN(CC)S(=O)(=O)c1ccc(Cl)c(C(=O)Nc2cccc(-c3ncn[nH]3)c2)c1. The van der Waals surface area contributed by atoms with Crippen LogP contribution in [-0.4, -0.2) is 46.9 Å². The molecule has 0 aliphatic carbocycles. The zero-order valence-corrected chi connectivity index (χ0v) is 17.5. The van der Waals surface area contributed by atoms with E-state index in [2.05, 4.69) is 20.5 Å². The Kier molecular flexibility index (Phi) is 6.31. The molecule has 0 aliphatic heterocycles. The smallest absolute Gasteiger partial charge is 0.257 e. The van der Waals surface area contributed by atoms with Gasteiger partial charge in [-0.05, 0) is 30.3 Å². The second-order valence-corrected chi connectivity index (χ2v) is 8.45. The fraction of sp³-hybridized carbons (Fsp3) is 0.211. The number of halogens is 1. The van der Waals surface area contributed by atoms with Crippen LogP contribution in [0.3, 0.4) is 0 Å². The van der Waals surface area contributed by atoms with Crippen molar-refractivity contribution in [2.45, 2.75) is 18.7 Å². The van der Waals surface area contributed by atoms with Gasteiger partial charge in [-0.3, -0.25) is 9.89 Å². The molecule has 1 amide bonds. The maximum Gasteiger partial charge on any atom is 0.257 e. The average molecular weight is 434 g/mol. The Morgan fingerprint density at radius 3 is 2.59 bits per heavy atom. The maximum absolute atomic E-state index is 12.8. The van der Waals surface area contributed by atoms with Crippen LogP contribution >= 0.6 is 11.6 Å². The van der Waals surface area contributed by atoms with Crippen LogP contribution in [0.2, 0.25) is 5.02 Å². The highest BCUT2D eigenvalue weighted by Crippen LogP contribution is 2.25. The van der Waals surface area contributed by atoms with Crippen molar-refractivity contribution in [3.8, 4) is 11.4 Å². The molecular formula is C19H20ClN5O3S. The number of carbonyl (C=O) groups excluding carboxylic acids is 1. The van der Waals surface area contributed by atoms with Crippen molar-refractivity contribution in [3.05, 3.63) is 59.4 Å². The second kappa shape index (κ2) is 8.73. The number of benzene rings is 2. The highest BCUT2D eigenvalue weighted by atomic mass is 35.5. The standard InChI is InChI=1S/C19H20ClN5O3S/c1-3-25(4-2)29(27,28)15-8-9-17(20)16(11-15)19(26)23-14-7-5-6-13(10-14)18-21-12-22-24-18/h5-12H,3-4H2,1-2H3,(H,23,26)(H,21,22,24). The van der Waals surface area contributed by atoms with Gasteiger partial charge in [0.25, 0.3) is 5.91 Å². The minimum Gasteiger partial charge on any atom is -0.322 e. The molecule has 2 aromatic carbocycles. The first-order valence-corrected chi connectivity index (χ1v) is 10.8. The van der Waals surface area contributed by atoms with Gasteiger partial charge in [-0.1, -0.05) is 37.6 Å². The molecule has 0 radical (unpaired) electrons. The Bertz CT molecular complexity index is 1110. The molecule has 3 aromatic rings. The van der Waals surface area contributed by atoms with Crippen molar-refractivity contribution in [2.24, 2.45) is 0 Å². The van der Waals surface area contributed by atoms with Crippen molar-refractivity contribution >= 4 is 33.2 Å². The molecule has 152 valence electrons. The predicted molar refractivity (Wildman–Crippen MR) is 111 cm³/mol. The fourth-order valence-electron chi connectivity index (χ4n) is 2.84. The van der Waals surface area contributed by atoms with Crippen LogP contribution in [0.15, 0.2) is 53.7 Å². The van der Waals surface area contributed by atoms with Crippen LogP contribution in [0.25, 0.3) is 11.4 Å². The number of nitrogens with one attached hydrogen (secondary N) is 2. The molecule has 0 saturated heterocycles. The lowest BCUT2D eigenvalue weighted by atomic mass is 10.1. The number of sulfonamides is 1. The number of anilines is 1. The average Bonchev–Trinajstić information content (AvgIpc) is 3.24. The van der Waals surface area contributed by atoms with Crippen molar-refractivity contribution < 1.29 is 13.2 Å². The molecule has 10 heteroatoms. The molecule has 0 saturated carbocycles. The molecule has 0 bridgehead atoms. The molecule has 2 N–H and O–H groups in total. The minimum absolute atomic E-state index is 0.0196. The molecule has 0 aliphatic rings. The fourth-order valence-corrected chi connectivity index (χ4v) is 4.53. The number of H-pyrrole nitrogens is 1. The summed E-state index contributed by atoms with van der Waals surface area (Å²) in [6, 6.07) is 11.1. The van der Waals surface area contributed by atoms with Crippen LogP contribution in [0.5, 0.6) is 0 Å². The van der Waals surface area contributed by atoms with E-state index < -0.39 is 15.9 Å². The molecule has 0 spiro atoms. The van der Waals surface area contributed by atoms with Crippen LogP contribution in [0, 0.1) is 0 Å². The Morgan fingerprint density at radius 1 is 1.17 bits per heavy atom. The summed E-state index contributed by atoms with van der Waals surface area (Å²) >= 11 is 6.17. The summed E-state index contributed by atoms with van der Waals surface area (Å²) in [5, 5.41) is 9.46. The molecule has 0 fully saturated rings. The predicted octanol–water partition coefficient (Wildman–Crippen LogP) is 3.41. The summed E-state index contributed by atoms with van der Waals surface area (Å²) in [5.74, 6) is 0.0489. The zero-order valence-electron chi connectivity index (χ0n) is 15.9. The summed E-state index contributed by atoms with van der Waals surface area (Å²) in [5.41, 5.74) is 1.33. The number of aromatic nitrogens is 3. The van der Waals surface area contributed by atoms with Gasteiger partial charge in [-0.15, -0.1) is 0 Å². The highest BCUT2D eigenvalue weighted by Gasteiger charge is 2.24. The summed E-state index contributed by atoms with van der Waals surface area (Å²) in [6.07, 6.45) is 1.39. The Balaban J connectivity index is 1.89. The van der Waals surface area contributed by atoms with Gasteiger partial charge in [-0.2, -0.15) is 9.40 Å². The van der Waals surface area contributed by atoms with Crippen LogP contribution in [-0.2, 0) is 10.0 Å². The first-order chi connectivity index (χ1) is 13.9. The Labute approximate surface area is 174 Å². The lowest BCUT2D eigenvalue weighted by Crippen LogP contribution is -2.30. The van der Waals surface area contributed by atoms with Gasteiger partial charge in [0, 0.05) is 24.3 Å². The molecule has 29 heavy (non-hydrogen) atoms. The number of amides is 1. The van der Waals surface area contributed by atoms with Crippen LogP contribution in [0.4, 0.5) is 5.69 Å². The topological polar surface area (TPSA) is 108 Å². The van der Waals surface area contributed by atoms with E-state index in [0.29, 0.717) is 24.6 Å². The molecule has 8 nitrogen and oxygen atoms in total. The third-order valence-corrected chi connectivity index (χ3v) is 6.71.